The maximum Gasteiger partial charge on any atom is 0.188 e. The van der Waals surface area contributed by atoms with Crippen LogP contribution in [0.15, 0.2) is 18.6 Å². The first kappa shape index (κ1) is 10.8. The second kappa shape index (κ2) is 4.50. The van der Waals surface area contributed by atoms with Gasteiger partial charge in [-0.15, -0.1) is 11.3 Å². The largest absolute Gasteiger partial charge is 0.309 e. The summed E-state index contributed by atoms with van der Waals surface area (Å²) in [6.07, 6.45) is 8.19. The number of hydrogen-bond donors (Lipinski definition) is 1. The molecule has 0 atom stereocenters. The van der Waals surface area contributed by atoms with E-state index in [0.29, 0.717) is 0 Å². The first-order chi connectivity index (χ1) is 8.31. The summed E-state index contributed by atoms with van der Waals surface area (Å²) in [6, 6.07) is 0.733. The predicted molar refractivity (Wildman–Crippen MR) is 67.7 cm³/mol. The van der Waals surface area contributed by atoms with Crippen molar-refractivity contribution in [2.45, 2.75) is 32.4 Å². The molecule has 1 fully saturated rings. The molecule has 88 valence electrons. The average molecular weight is 246 g/mol. The summed E-state index contributed by atoms with van der Waals surface area (Å²) in [5.41, 5.74) is 1.07. The van der Waals surface area contributed by atoms with Gasteiger partial charge in [0.1, 0.15) is 0 Å². The fraction of sp³-hybridized carbons (Fsp3) is 0.417. The van der Waals surface area contributed by atoms with Gasteiger partial charge >= 0.3 is 0 Å². The van der Waals surface area contributed by atoms with Crippen LogP contribution in [0, 0.1) is 6.92 Å². The second-order valence-electron chi connectivity index (χ2n) is 4.37. The molecular formula is C12H14N4S. The van der Waals surface area contributed by atoms with E-state index in [1.165, 1.54) is 17.7 Å². The van der Waals surface area contributed by atoms with E-state index < -0.39 is 0 Å². The van der Waals surface area contributed by atoms with E-state index in [1.807, 2.05) is 25.5 Å². The van der Waals surface area contributed by atoms with Crippen molar-refractivity contribution >= 4 is 11.3 Å². The van der Waals surface area contributed by atoms with Crippen LogP contribution in [0.1, 0.15) is 23.3 Å². The van der Waals surface area contributed by atoms with Gasteiger partial charge < -0.3 is 5.32 Å². The van der Waals surface area contributed by atoms with Crippen LogP contribution in [0.2, 0.25) is 0 Å². The van der Waals surface area contributed by atoms with Crippen LogP contribution < -0.4 is 5.32 Å². The van der Waals surface area contributed by atoms with E-state index >= 15 is 0 Å². The van der Waals surface area contributed by atoms with Crippen molar-refractivity contribution < 1.29 is 0 Å². The number of aromatic nitrogens is 3. The van der Waals surface area contributed by atoms with Gasteiger partial charge in [-0.2, -0.15) is 0 Å². The van der Waals surface area contributed by atoms with Crippen LogP contribution in [-0.4, -0.2) is 21.0 Å². The second-order valence-corrected chi connectivity index (χ2v) is 5.49. The lowest BCUT2D eigenvalue weighted by atomic mass is 10.4. The van der Waals surface area contributed by atoms with E-state index in [1.54, 1.807) is 11.3 Å². The number of hydrogen-bond acceptors (Lipinski definition) is 5. The SMILES string of the molecule is Cc1cnc(-c2ncc(CNC3CC3)s2)nc1. The Morgan fingerprint density at radius 3 is 2.71 bits per heavy atom. The van der Waals surface area contributed by atoms with Gasteiger partial charge in [0.25, 0.3) is 0 Å². The van der Waals surface area contributed by atoms with E-state index in [-0.39, 0.29) is 0 Å². The van der Waals surface area contributed by atoms with Gasteiger partial charge in [0.05, 0.1) is 0 Å². The minimum atomic E-state index is 0.721. The molecule has 17 heavy (non-hydrogen) atoms. The molecule has 5 heteroatoms. The van der Waals surface area contributed by atoms with E-state index in [4.69, 9.17) is 0 Å². The molecule has 3 rings (SSSR count). The summed E-state index contributed by atoms with van der Waals surface area (Å²) in [5.74, 6) is 0.721. The molecule has 0 saturated heterocycles. The highest BCUT2D eigenvalue weighted by Crippen LogP contribution is 2.24. The van der Waals surface area contributed by atoms with Gasteiger partial charge in [0.2, 0.25) is 0 Å². The Morgan fingerprint density at radius 2 is 2.00 bits per heavy atom. The summed E-state index contributed by atoms with van der Waals surface area (Å²) in [4.78, 5) is 14.2. The Kier molecular flexibility index (Phi) is 2.86. The van der Waals surface area contributed by atoms with Gasteiger partial charge in [-0.25, -0.2) is 15.0 Å². The normalized spacial score (nSPS) is 15.1. The Labute approximate surface area is 104 Å². The van der Waals surface area contributed by atoms with Crippen LogP contribution in [0.25, 0.3) is 10.8 Å². The number of nitrogens with zero attached hydrogens (tertiary/aromatic N) is 3. The van der Waals surface area contributed by atoms with Crippen LogP contribution >= 0.6 is 11.3 Å². The standard InChI is InChI=1S/C12H14N4S/c1-8-4-14-11(15-5-8)12-16-7-10(17-12)6-13-9-2-3-9/h4-5,7,9,13H,2-3,6H2,1H3. The Balaban J connectivity index is 1.72. The molecule has 0 unspecified atom stereocenters. The molecule has 0 bridgehead atoms. The van der Waals surface area contributed by atoms with Crippen molar-refractivity contribution in [3.8, 4) is 10.8 Å². The molecule has 0 amide bonds. The molecule has 0 radical (unpaired) electrons. The molecule has 4 nitrogen and oxygen atoms in total. The number of aryl methyl sites for hydroxylation is 1. The maximum atomic E-state index is 4.37. The first-order valence-electron chi connectivity index (χ1n) is 5.78. The molecule has 1 aliphatic rings. The Bertz CT molecular complexity index is 501. The van der Waals surface area contributed by atoms with Crippen molar-refractivity contribution in [3.63, 3.8) is 0 Å². The molecular weight excluding hydrogens is 232 g/mol. The summed E-state index contributed by atoms with van der Waals surface area (Å²) < 4.78 is 0. The smallest absolute Gasteiger partial charge is 0.188 e. The highest BCUT2D eigenvalue weighted by Gasteiger charge is 2.20. The van der Waals surface area contributed by atoms with Crippen molar-refractivity contribution in [2.75, 3.05) is 0 Å². The lowest BCUT2D eigenvalue weighted by Crippen LogP contribution is -2.14. The maximum absolute atomic E-state index is 4.37. The predicted octanol–water partition coefficient (Wildman–Crippen LogP) is 2.16. The molecule has 2 heterocycles. The van der Waals surface area contributed by atoms with Crippen molar-refractivity contribution in [3.05, 3.63) is 29.0 Å². The van der Waals surface area contributed by atoms with Crippen LogP contribution in [0.3, 0.4) is 0 Å². The topological polar surface area (TPSA) is 50.7 Å². The van der Waals surface area contributed by atoms with Crippen molar-refractivity contribution in [1.82, 2.24) is 20.3 Å². The van der Waals surface area contributed by atoms with Gasteiger partial charge in [-0.1, -0.05) is 0 Å². The van der Waals surface area contributed by atoms with Gasteiger partial charge in [0, 0.05) is 36.1 Å². The third-order valence-electron chi connectivity index (χ3n) is 2.67. The van der Waals surface area contributed by atoms with Crippen molar-refractivity contribution in [2.24, 2.45) is 0 Å². The fourth-order valence-corrected chi connectivity index (χ4v) is 2.34. The number of thiazole rings is 1. The quantitative estimate of drug-likeness (QED) is 0.898. The number of nitrogens with one attached hydrogen (secondary N) is 1. The zero-order valence-corrected chi connectivity index (χ0v) is 10.5. The molecule has 0 aromatic carbocycles. The zero-order chi connectivity index (χ0) is 11.7. The Morgan fingerprint density at radius 1 is 1.24 bits per heavy atom. The van der Waals surface area contributed by atoms with Crippen LogP contribution in [-0.2, 0) is 6.54 Å². The van der Waals surface area contributed by atoms with Crippen LogP contribution in [0.5, 0.6) is 0 Å². The molecule has 1 N–H and O–H groups in total. The monoisotopic (exact) mass is 246 g/mol. The molecule has 1 saturated carbocycles. The molecule has 2 aromatic rings. The molecule has 0 aliphatic heterocycles. The summed E-state index contributed by atoms with van der Waals surface area (Å²) in [6.45, 7) is 2.89. The van der Waals surface area contributed by atoms with Gasteiger partial charge in [-0.3, -0.25) is 0 Å². The van der Waals surface area contributed by atoms with Gasteiger partial charge in [-0.05, 0) is 25.3 Å². The fourth-order valence-electron chi connectivity index (χ4n) is 1.53. The molecule has 0 spiro atoms. The minimum Gasteiger partial charge on any atom is -0.309 e. The molecule has 1 aliphatic carbocycles. The summed E-state index contributed by atoms with van der Waals surface area (Å²) >= 11 is 1.66. The summed E-state index contributed by atoms with van der Waals surface area (Å²) in [5, 5.41) is 4.38. The average Bonchev–Trinajstić information content (AvgIpc) is 3.06. The van der Waals surface area contributed by atoms with E-state index in [9.17, 15) is 0 Å². The summed E-state index contributed by atoms with van der Waals surface area (Å²) in [7, 11) is 0. The van der Waals surface area contributed by atoms with Crippen LogP contribution in [0.4, 0.5) is 0 Å². The van der Waals surface area contributed by atoms with Gasteiger partial charge in [0.15, 0.2) is 10.8 Å². The third kappa shape index (κ3) is 2.68. The lowest BCUT2D eigenvalue weighted by molar-refractivity contribution is 0.694. The minimum absolute atomic E-state index is 0.721. The van der Waals surface area contributed by atoms with E-state index in [2.05, 4.69) is 20.3 Å². The lowest BCUT2D eigenvalue weighted by Gasteiger charge is -1.97. The highest BCUT2D eigenvalue weighted by atomic mass is 32.1. The third-order valence-corrected chi connectivity index (χ3v) is 3.66. The zero-order valence-electron chi connectivity index (χ0n) is 9.68. The highest BCUT2D eigenvalue weighted by molar-refractivity contribution is 7.14. The van der Waals surface area contributed by atoms with Crippen molar-refractivity contribution in [1.29, 1.82) is 0 Å². The first-order valence-corrected chi connectivity index (χ1v) is 6.60. The van der Waals surface area contributed by atoms with E-state index in [0.717, 1.165) is 29.0 Å². The number of rotatable bonds is 4. The Hall–Kier alpha value is -1.33. The molecule has 2 aromatic heterocycles.